The van der Waals surface area contributed by atoms with Crippen molar-refractivity contribution in [1.29, 1.82) is 0 Å². The van der Waals surface area contributed by atoms with Crippen LogP contribution in [-0.2, 0) is 12.3 Å². The van der Waals surface area contributed by atoms with Crippen LogP contribution in [0.3, 0.4) is 0 Å². The smallest absolute Gasteiger partial charge is 0.00574 e. The molecular weight excluding hydrogens is 398 g/mol. The lowest BCUT2D eigenvalue weighted by molar-refractivity contribution is 0.703. The van der Waals surface area contributed by atoms with Gasteiger partial charge in [-0.05, 0) is 54.8 Å². The van der Waals surface area contributed by atoms with Crippen LogP contribution in [0.1, 0.15) is 94.2 Å². The molecule has 0 amide bonds. The first-order chi connectivity index (χ1) is 13.4. The summed E-state index contributed by atoms with van der Waals surface area (Å²) in [5.74, 6) is 0. The van der Waals surface area contributed by atoms with Crippen molar-refractivity contribution in [1.82, 2.24) is 0 Å². The van der Waals surface area contributed by atoms with E-state index >= 15 is 0 Å². The fourth-order valence-corrected chi connectivity index (χ4v) is 12.2. The fourth-order valence-electron chi connectivity index (χ4n) is 5.07. The molecule has 0 saturated carbocycles. The summed E-state index contributed by atoms with van der Waals surface area (Å²) in [5, 5.41) is 4.33. The molecule has 168 valence electrons. The standard InChI is InChI=1S/C28H46P2/c1-25(2,3)29(26(4,5)6)19-22-17-13-15-21-16-14-18-23(24(21)22)20-30(27(7,8)9)28(10,11)12/h13-18H,19-20H2,1-12H3. The lowest BCUT2D eigenvalue weighted by Crippen LogP contribution is -2.26. The zero-order valence-electron chi connectivity index (χ0n) is 21.8. The molecule has 0 bridgehead atoms. The molecule has 30 heavy (non-hydrogen) atoms. The number of hydrogen-bond donors (Lipinski definition) is 0. The highest BCUT2D eigenvalue weighted by Gasteiger charge is 2.36. The minimum absolute atomic E-state index is 0.165. The third-order valence-corrected chi connectivity index (χ3v) is 13.8. The van der Waals surface area contributed by atoms with E-state index in [9.17, 15) is 0 Å². The van der Waals surface area contributed by atoms with E-state index < -0.39 is 0 Å². The van der Waals surface area contributed by atoms with E-state index in [2.05, 4.69) is 119 Å². The first-order valence-corrected chi connectivity index (χ1v) is 14.5. The van der Waals surface area contributed by atoms with Crippen molar-refractivity contribution < 1.29 is 0 Å². The predicted molar refractivity (Wildman–Crippen MR) is 144 cm³/mol. The highest BCUT2D eigenvalue weighted by Crippen LogP contribution is 2.63. The lowest BCUT2D eigenvalue weighted by Gasteiger charge is -2.43. The largest absolute Gasteiger partial charge is 0.0911 e. The predicted octanol–water partition coefficient (Wildman–Crippen LogP) is 10.00. The Morgan fingerprint density at radius 3 is 1.07 bits per heavy atom. The average molecular weight is 445 g/mol. The Morgan fingerprint density at radius 2 is 0.800 bits per heavy atom. The van der Waals surface area contributed by atoms with Crippen molar-refractivity contribution in [2.45, 2.75) is 116 Å². The van der Waals surface area contributed by atoms with E-state index in [0.717, 1.165) is 0 Å². The third kappa shape index (κ3) is 6.30. The Hall–Kier alpha value is -0.440. The lowest BCUT2D eigenvalue weighted by atomic mass is 10.0. The summed E-state index contributed by atoms with van der Waals surface area (Å²) in [6, 6.07) is 14.0. The summed E-state index contributed by atoms with van der Waals surface area (Å²) in [7, 11) is -0.330. The summed E-state index contributed by atoms with van der Waals surface area (Å²) in [6.07, 6.45) is 2.42. The summed E-state index contributed by atoms with van der Waals surface area (Å²) in [6.45, 7) is 29.3. The zero-order valence-corrected chi connectivity index (χ0v) is 23.6. The Bertz CT molecular complexity index is 755. The van der Waals surface area contributed by atoms with Gasteiger partial charge in [0.05, 0.1) is 0 Å². The van der Waals surface area contributed by atoms with Crippen LogP contribution in [0.15, 0.2) is 36.4 Å². The molecule has 0 atom stereocenters. The normalized spacial score (nSPS) is 14.2. The molecule has 0 N–H and O–H groups in total. The van der Waals surface area contributed by atoms with Gasteiger partial charge < -0.3 is 0 Å². The van der Waals surface area contributed by atoms with Crippen LogP contribution >= 0.6 is 15.8 Å². The molecule has 0 aliphatic heterocycles. The van der Waals surface area contributed by atoms with Gasteiger partial charge in [-0.3, -0.25) is 0 Å². The second-order valence-corrected chi connectivity index (χ2v) is 20.5. The van der Waals surface area contributed by atoms with Crippen LogP contribution < -0.4 is 0 Å². The Kier molecular flexibility index (Phi) is 7.60. The first-order valence-electron chi connectivity index (χ1n) is 11.5. The molecule has 0 aliphatic rings. The number of benzene rings is 2. The summed E-state index contributed by atoms with van der Waals surface area (Å²) in [4.78, 5) is 0. The van der Waals surface area contributed by atoms with Crippen LogP contribution in [-0.4, -0.2) is 20.6 Å². The van der Waals surface area contributed by atoms with Crippen LogP contribution in [0.2, 0.25) is 0 Å². The van der Waals surface area contributed by atoms with Gasteiger partial charge >= 0.3 is 0 Å². The van der Waals surface area contributed by atoms with Crippen molar-refractivity contribution in [3.8, 4) is 0 Å². The van der Waals surface area contributed by atoms with Crippen LogP contribution in [0.5, 0.6) is 0 Å². The second-order valence-electron chi connectivity index (χ2n) is 12.8. The van der Waals surface area contributed by atoms with Gasteiger partial charge in [-0.2, -0.15) is 0 Å². The van der Waals surface area contributed by atoms with Crippen molar-refractivity contribution >= 4 is 26.6 Å². The molecule has 0 spiro atoms. The van der Waals surface area contributed by atoms with E-state index in [0.29, 0.717) is 20.6 Å². The second kappa shape index (κ2) is 8.83. The first kappa shape index (κ1) is 25.8. The number of fused-ring (bicyclic) bond motifs is 1. The van der Waals surface area contributed by atoms with Crippen LogP contribution in [0.4, 0.5) is 0 Å². The molecule has 0 aliphatic carbocycles. The third-order valence-electron chi connectivity index (χ3n) is 5.97. The van der Waals surface area contributed by atoms with Crippen LogP contribution in [0.25, 0.3) is 10.8 Å². The van der Waals surface area contributed by atoms with E-state index in [4.69, 9.17) is 0 Å². The maximum Gasteiger partial charge on any atom is -0.00574 e. The highest BCUT2D eigenvalue weighted by atomic mass is 31.1. The van der Waals surface area contributed by atoms with Gasteiger partial charge in [0.1, 0.15) is 0 Å². The highest BCUT2D eigenvalue weighted by molar-refractivity contribution is 7.60. The maximum atomic E-state index is 2.44. The van der Waals surface area contributed by atoms with Crippen LogP contribution in [0, 0.1) is 0 Å². The van der Waals surface area contributed by atoms with Crippen molar-refractivity contribution in [2.75, 3.05) is 0 Å². The number of hydrogen-bond acceptors (Lipinski definition) is 0. The minimum atomic E-state index is -0.165. The quantitative estimate of drug-likeness (QED) is 0.412. The average Bonchev–Trinajstić information content (AvgIpc) is 2.53. The van der Waals surface area contributed by atoms with Crippen molar-refractivity contribution in [2.24, 2.45) is 0 Å². The van der Waals surface area contributed by atoms with Gasteiger partial charge in [-0.1, -0.05) is 135 Å². The van der Waals surface area contributed by atoms with Crippen molar-refractivity contribution in [3.63, 3.8) is 0 Å². The molecule has 0 fully saturated rings. The van der Waals surface area contributed by atoms with E-state index in [-0.39, 0.29) is 15.8 Å². The molecule has 0 saturated heterocycles. The van der Waals surface area contributed by atoms with E-state index in [1.807, 2.05) is 0 Å². The maximum absolute atomic E-state index is 2.44. The SMILES string of the molecule is CC(C)(C)P(Cc1cccc2cccc(CP(C(C)(C)C)C(C)(C)C)c12)C(C)(C)C. The minimum Gasteiger partial charge on any atom is -0.0911 e. The van der Waals surface area contributed by atoms with Gasteiger partial charge in [-0.15, -0.1) is 0 Å². The Morgan fingerprint density at radius 1 is 0.500 bits per heavy atom. The van der Waals surface area contributed by atoms with E-state index in [1.54, 1.807) is 16.5 Å². The fraction of sp³-hybridized carbons (Fsp3) is 0.643. The molecule has 0 heterocycles. The van der Waals surface area contributed by atoms with Gasteiger partial charge in [0, 0.05) is 0 Å². The van der Waals surface area contributed by atoms with E-state index in [1.165, 1.54) is 17.7 Å². The molecule has 2 heteroatoms. The summed E-state index contributed by atoms with van der Waals surface area (Å²) in [5.41, 5.74) is 3.13. The summed E-state index contributed by atoms with van der Waals surface area (Å²) >= 11 is 0. The Labute approximate surface area is 190 Å². The molecule has 2 rings (SSSR count). The van der Waals surface area contributed by atoms with Gasteiger partial charge in [-0.25, -0.2) is 0 Å². The van der Waals surface area contributed by atoms with Gasteiger partial charge in [0.2, 0.25) is 0 Å². The summed E-state index contributed by atoms with van der Waals surface area (Å²) < 4.78 is 0. The Balaban J connectivity index is 2.62. The molecule has 0 aromatic heterocycles. The van der Waals surface area contributed by atoms with Gasteiger partial charge in [0.25, 0.3) is 0 Å². The molecule has 0 radical (unpaired) electrons. The topological polar surface area (TPSA) is 0 Å². The molecule has 2 aromatic carbocycles. The monoisotopic (exact) mass is 444 g/mol. The van der Waals surface area contributed by atoms with Gasteiger partial charge in [0.15, 0.2) is 0 Å². The number of rotatable bonds is 4. The molecule has 0 nitrogen and oxygen atoms in total. The molecular formula is C28H46P2. The molecule has 2 aromatic rings. The van der Waals surface area contributed by atoms with Crippen molar-refractivity contribution in [3.05, 3.63) is 47.5 Å². The molecule has 0 unspecified atom stereocenters. The zero-order chi connectivity index (χ0) is 23.1.